The summed E-state index contributed by atoms with van der Waals surface area (Å²) in [6.07, 6.45) is 0. The van der Waals surface area contributed by atoms with Gasteiger partial charge >= 0.3 is 0 Å². The van der Waals surface area contributed by atoms with E-state index in [4.69, 9.17) is 0 Å². The largest absolute Gasteiger partial charge is 0.354 e. The topological polar surface area (TPSA) is 20.7 Å². The van der Waals surface area contributed by atoms with E-state index in [-0.39, 0.29) is 0 Å². The predicted molar refractivity (Wildman–Crippen MR) is 115 cm³/mol. The molecule has 0 radical (unpaired) electrons. The summed E-state index contributed by atoms with van der Waals surface area (Å²) in [4.78, 5) is 3.60. The van der Waals surface area contributed by atoms with E-state index in [1.165, 1.54) is 54.9 Å². The molecular weight excluding hydrogens is 328 g/mol. The van der Waals surface area contributed by atoms with Gasteiger partial charge < -0.3 is 9.55 Å². The number of nitrogens with zero attached hydrogens (tertiary/aromatic N) is 1. The van der Waals surface area contributed by atoms with Crippen molar-refractivity contribution in [3.8, 4) is 5.69 Å². The van der Waals surface area contributed by atoms with Gasteiger partial charge in [0, 0.05) is 38.3 Å². The third-order valence-electron chi connectivity index (χ3n) is 5.65. The fourth-order valence-corrected chi connectivity index (χ4v) is 4.47. The molecular formula is C25H18N2. The van der Waals surface area contributed by atoms with Crippen LogP contribution in [0.4, 0.5) is 0 Å². The van der Waals surface area contributed by atoms with Gasteiger partial charge in [0.1, 0.15) is 0 Å². The van der Waals surface area contributed by atoms with Crippen LogP contribution in [0.1, 0.15) is 5.56 Å². The van der Waals surface area contributed by atoms with Crippen molar-refractivity contribution in [2.45, 2.75) is 6.92 Å². The number of rotatable bonds is 1. The van der Waals surface area contributed by atoms with Crippen LogP contribution in [0.5, 0.6) is 0 Å². The first-order chi connectivity index (χ1) is 13.3. The van der Waals surface area contributed by atoms with Crippen molar-refractivity contribution in [3.05, 3.63) is 90.5 Å². The van der Waals surface area contributed by atoms with E-state index in [1.54, 1.807) is 0 Å². The lowest BCUT2D eigenvalue weighted by Crippen LogP contribution is -1.93. The van der Waals surface area contributed by atoms with Gasteiger partial charge in [0.2, 0.25) is 0 Å². The van der Waals surface area contributed by atoms with Gasteiger partial charge in [-0.05, 0) is 42.8 Å². The summed E-state index contributed by atoms with van der Waals surface area (Å²) in [6.45, 7) is 2.18. The highest BCUT2D eigenvalue weighted by atomic mass is 15.0. The van der Waals surface area contributed by atoms with E-state index < -0.39 is 0 Å². The van der Waals surface area contributed by atoms with Gasteiger partial charge in [-0.2, -0.15) is 0 Å². The van der Waals surface area contributed by atoms with Crippen molar-refractivity contribution >= 4 is 43.6 Å². The molecule has 0 bridgehead atoms. The molecule has 0 saturated heterocycles. The summed E-state index contributed by atoms with van der Waals surface area (Å²) in [5.74, 6) is 0. The molecule has 6 aromatic rings. The van der Waals surface area contributed by atoms with E-state index in [1.807, 2.05) is 0 Å². The Hall–Kier alpha value is -3.52. The minimum Gasteiger partial charge on any atom is -0.354 e. The van der Waals surface area contributed by atoms with Gasteiger partial charge in [-0.3, -0.25) is 0 Å². The Kier molecular flexibility index (Phi) is 2.84. The van der Waals surface area contributed by atoms with E-state index in [0.29, 0.717) is 0 Å². The van der Waals surface area contributed by atoms with E-state index in [0.717, 1.165) is 0 Å². The first-order valence-corrected chi connectivity index (χ1v) is 9.31. The number of nitrogens with one attached hydrogen (secondary N) is 1. The molecule has 128 valence electrons. The fraction of sp³-hybridized carbons (Fsp3) is 0.0400. The molecule has 2 heterocycles. The van der Waals surface area contributed by atoms with Crippen LogP contribution < -0.4 is 0 Å². The normalized spacial score (nSPS) is 11.9. The third kappa shape index (κ3) is 1.95. The molecule has 0 amide bonds. The van der Waals surface area contributed by atoms with Gasteiger partial charge in [-0.25, -0.2) is 0 Å². The highest BCUT2D eigenvalue weighted by molar-refractivity contribution is 6.11. The number of benzene rings is 4. The predicted octanol–water partition coefficient (Wildman–Crippen LogP) is 6.73. The molecule has 2 heteroatoms. The lowest BCUT2D eigenvalue weighted by Gasteiger charge is -2.08. The first kappa shape index (κ1) is 14.6. The maximum absolute atomic E-state index is 3.60. The second-order valence-electron chi connectivity index (χ2n) is 7.22. The molecule has 6 rings (SSSR count). The number of fused-ring (bicyclic) bond motifs is 6. The molecule has 27 heavy (non-hydrogen) atoms. The van der Waals surface area contributed by atoms with E-state index in [2.05, 4.69) is 101 Å². The molecule has 2 aromatic heterocycles. The average molecular weight is 346 g/mol. The molecule has 0 atom stereocenters. The van der Waals surface area contributed by atoms with E-state index >= 15 is 0 Å². The van der Waals surface area contributed by atoms with Crippen LogP contribution in [0.25, 0.3) is 49.3 Å². The summed E-state index contributed by atoms with van der Waals surface area (Å²) in [7, 11) is 0. The Labute approximate surface area is 156 Å². The zero-order valence-corrected chi connectivity index (χ0v) is 15.0. The molecule has 0 unspecified atom stereocenters. The van der Waals surface area contributed by atoms with Crippen molar-refractivity contribution in [2.24, 2.45) is 0 Å². The molecule has 1 N–H and O–H groups in total. The number of aryl methyl sites for hydroxylation is 1. The highest BCUT2D eigenvalue weighted by Gasteiger charge is 2.13. The zero-order valence-electron chi connectivity index (χ0n) is 15.0. The minimum atomic E-state index is 1.18. The van der Waals surface area contributed by atoms with Crippen LogP contribution in [0.15, 0.2) is 84.9 Å². The number of aromatic amines is 1. The van der Waals surface area contributed by atoms with Gasteiger partial charge in [0.15, 0.2) is 0 Å². The number of H-pyrrole nitrogens is 1. The van der Waals surface area contributed by atoms with Crippen LogP contribution in [0.2, 0.25) is 0 Å². The van der Waals surface area contributed by atoms with Gasteiger partial charge in [-0.15, -0.1) is 0 Å². The first-order valence-electron chi connectivity index (χ1n) is 9.31. The lowest BCUT2D eigenvalue weighted by molar-refractivity contribution is 1.18. The van der Waals surface area contributed by atoms with Gasteiger partial charge in [0.25, 0.3) is 0 Å². The molecule has 0 spiro atoms. The Morgan fingerprint density at radius 2 is 1.33 bits per heavy atom. The minimum absolute atomic E-state index is 1.18. The number of aromatic nitrogens is 2. The second kappa shape index (κ2) is 5.24. The van der Waals surface area contributed by atoms with Crippen molar-refractivity contribution in [1.29, 1.82) is 0 Å². The summed E-state index contributed by atoms with van der Waals surface area (Å²) < 4.78 is 2.36. The maximum atomic E-state index is 3.60. The van der Waals surface area contributed by atoms with Gasteiger partial charge in [0.05, 0.1) is 11.0 Å². The summed E-state index contributed by atoms with van der Waals surface area (Å²) in [5.41, 5.74) is 7.35. The van der Waals surface area contributed by atoms with Crippen molar-refractivity contribution < 1.29 is 0 Å². The average Bonchev–Trinajstić information content (AvgIpc) is 3.24. The Morgan fingerprint density at radius 3 is 2.07 bits per heavy atom. The summed E-state index contributed by atoms with van der Waals surface area (Å²) in [6, 6.07) is 30.5. The van der Waals surface area contributed by atoms with Crippen LogP contribution in [0.3, 0.4) is 0 Å². The zero-order chi connectivity index (χ0) is 18.0. The third-order valence-corrected chi connectivity index (χ3v) is 5.65. The van der Waals surface area contributed by atoms with Crippen molar-refractivity contribution in [3.63, 3.8) is 0 Å². The smallest absolute Gasteiger partial charge is 0.0541 e. The summed E-state index contributed by atoms with van der Waals surface area (Å²) >= 11 is 0. The summed E-state index contributed by atoms with van der Waals surface area (Å²) in [5, 5.41) is 5.19. The molecule has 0 fully saturated rings. The Balaban J connectivity index is 1.72. The van der Waals surface area contributed by atoms with Gasteiger partial charge in [-0.1, -0.05) is 54.6 Å². The van der Waals surface area contributed by atoms with Crippen LogP contribution >= 0.6 is 0 Å². The monoisotopic (exact) mass is 346 g/mol. The van der Waals surface area contributed by atoms with Crippen LogP contribution in [-0.2, 0) is 0 Å². The van der Waals surface area contributed by atoms with Crippen molar-refractivity contribution in [2.75, 3.05) is 0 Å². The van der Waals surface area contributed by atoms with Crippen LogP contribution in [0, 0.1) is 6.92 Å². The quantitative estimate of drug-likeness (QED) is 0.341. The molecule has 0 aliphatic heterocycles. The SMILES string of the molecule is Cc1cccc2[nH]c3cc(-n4c5ccccc5c5ccccc54)ccc3c12. The molecule has 4 aromatic carbocycles. The van der Waals surface area contributed by atoms with E-state index in [9.17, 15) is 0 Å². The molecule has 0 aliphatic carbocycles. The molecule has 0 aliphatic rings. The lowest BCUT2D eigenvalue weighted by atomic mass is 10.1. The fourth-order valence-electron chi connectivity index (χ4n) is 4.47. The maximum Gasteiger partial charge on any atom is 0.0541 e. The molecule has 2 nitrogen and oxygen atoms in total. The number of hydrogen-bond acceptors (Lipinski definition) is 0. The molecule has 0 saturated carbocycles. The number of hydrogen-bond donors (Lipinski definition) is 1. The highest BCUT2D eigenvalue weighted by Crippen LogP contribution is 2.34. The Bertz CT molecular complexity index is 1430. The standard InChI is InChI=1S/C25H18N2/c1-16-7-6-10-21-25(16)20-14-13-17(15-22(20)26-21)27-23-11-4-2-8-18(23)19-9-3-5-12-24(19)27/h2-15,26H,1H3. The Morgan fingerprint density at radius 1 is 0.630 bits per heavy atom. The second-order valence-corrected chi connectivity index (χ2v) is 7.22. The van der Waals surface area contributed by atoms with Crippen molar-refractivity contribution in [1.82, 2.24) is 9.55 Å². The van der Waals surface area contributed by atoms with Crippen LogP contribution in [-0.4, -0.2) is 9.55 Å². The number of para-hydroxylation sites is 2.